The van der Waals surface area contributed by atoms with Crippen LogP contribution in [0.1, 0.15) is 24.0 Å². The highest BCUT2D eigenvalue weighted by molar-refractivity contribution is 5.76. The van der Waals surface area contributed by atoms with Crippen molar-refractivity contribution in [3.63, 3.8) is 0 Å². The molecule has 0 atom stereocenters. The predicted molar refractivity (Wildman–Crippen MR) is 57.8 cm³/mol. The molecule has 86 valence electrons. The molecule has 0 radical (unpaired) electrons. The van der Waals surface area contributed by atoms with Crippen LogP contribution >= 0.6 is 0 Å². The van der Waals surface area contributed by atoms with Gasteiger partial charge in [-0.15, -0.1) is 0 Å². The van der Waals surface area contributed by atoms with Crippen LogP contribution in [0.3, 0.4) is 0 Å². The van der Waals surface area contributed by atoms with Crippen molar-refractivity contribution in [2.45, 2.75) is 26.4 Å². The van der Waals surface area contributed by atoms with E-state index in [0.717, 1.165) is 11.1 Å². The van der Waals surface area contributed by atoms with Gasteiger partial charge >= 0.3 is 11.9 Å². The summed E-state index contributed by atoms with van der Waals surface area (Å²) in [7, 11) is 0. The molecule has 0 saturated heterocycles. The quantitative estimate of drug-likeness (QED) is 0.773. The van der Waals surface area contributed by atoms with Crippen LogP contribution in [0, 0.1) is 6.92 Å². The molecule has 4 nitrogen and oxygen atoms in total. The van der Waals surface area contributed by atoms with E-state index in [0.29, 0.717) is 0 Å². The van der Waals surface area contributed by atoms with E-state index < -0.39 is 11.9 Å². The van der Waals surface area contributed by atoms with Gasteiger partial charge in [0.15, 0.2) is 0 Å². The number of carbonyl (C=O) groups excluding carboxylic acids is 1. The topological polar surface area (TPSA) is 63.6 Å². The van der Waals surface area contributed by atoms with Crippen LogP contribution in [0.15, 0.2) is 24.3 Å². The molecule has 0 amide bonds. The van der Waals surface area contributed by atoms with E-state index in [-0.39, 0.29) is 19.4 Å². The average Bonchev–Trinajstić information content (AvgIpc) is 2.23. The molecule has 0 aromatic heterocycles. The molecule has 1 N–H and O–H groups in total. The number of carbonyl (C=O) groups is 2. The standard InChI is InChI=1S/C12H14O4/c1-9-3-2-4-10(7-9)8-16-12(15)6-5-11(13)14/h2-4,7H,5-6,8H2,1H3,(H,13,14). The Morgan fingerprint density at radius 3 is 2.69 bits per heavy atom. The lowest BCUT2D eigenvalue weighted by atomic mass is 10.1. The molecule has 0 aliphatic rings. The van der Waals surface area contributed by atoms with Gasteiger partial charge in [0.2, 0.25) is 0 Å². The monoisotopic (exact) mass is 222 g/mol. The first kappa shape index (κ1) is 12.2. The molecule has 0 aliphatic carbocycles. The van der Waals surface area contributed by atoms with Crippen molar-refractivity contribution in [1.29, 1.82) is 0 Å². The van der Waals surface area contributed by atoms with Gasteiger partial charge in [0.25, 0.3) is 0 Å². The first-order chi connectivity index (χ1) is 7.58. The summed E-state index contributed by atoms with van der Waals surface area (Å²) in [5.41, 5.74) is 2.00. The van der Waals surface area contributed by atoms with Crippen LogP contribution in [0.4, 0.5) is 0 Å². The van der Waals surface area contributed by atoms with E-state index in [1.54, 1.807) is 0 Å². The molecule has 0 unspecified atom stereocenters. The van der Waals surface area contributed by atoms with Crippen molar-refractivity contribution in [3.05, 3.63) is 35.4 Å². The van der Waals surface area contributed by atoms with Gasteiger partial charge in [-0.05, 0) is 12.5 Å². The van der Waals surface area contributed by atoms with Gasteiger partial charge < -0.3 is 9.84 Å². The van der Waals surface area contributed by atoms with E-state index in [4.69, 9.17) is 9.84 Å². The van der Waals surface area contributed by atoms with Gasteiger partial charge in [-0.1, -0.05) is 29.8 Å². The zero-order valence-electron chi connectivity index (χ0n) is 9.10. The molecule has 0 saturated carbocycles. The fourth-order valence-electron chi connectivity index (χ4n) is 1.25. The minimum atomic E-state index is -0.993. The zero-order chi connectivity index (χ0) is 12.0. The number of carboxylic acids is 1. The summed E-state index contributed by atoms with van der Waals surface area (Å²) in [6.45, 7) is 2.15. The average molecular weight is 222 g/mol. The van der Waals surface area contributed by atoms with Gasteiger partial charge in [0.1, 0.15) is 6.61 Å². The summed E-state index contributed by atoms with van der Waals surface area (Å²) in [5.74, 6) is -1.48. The number of aryl methyl sites for hydroxylation is 1. The molecular formula is C12H14O4. The van der Waals surface area contributed by atoms with Crippen LogP contribution < -0.4 is 0 Å². The largest absolute Gasteiger partial charge is 0.481 e. The predicted octanol–water partition coefficient (Wildman–Crippen LogP) is 1.90. The van der Waals surface area contributed by atoms with Crippen LogP contribution in [-0.2, 0) is 20.9 Å². The Morgan fingerprint density at radius 1 is 1.31 bits per heavy atom. The number of esters is 1. The fraction of sp³-hybridized carbons (Fsp3) is 0.333. The summed E-state index contributed by atoms with van der Waals surface area (Å²) in [6.07, 6.45) is -0.270. The number of hydrogen-bond acceptors (Lipinski definition) is 3. The van der Waals surface area contributed by atoms with E-state index in [2.05, 4.69) is 0 Å². The summed E-state index contributed by atoms with van der Waals surface area (Å²) in [4.78, 5) is 21.3. The third-order valence-electron chi connectivity index (χ3n) is 2.03. The fourth-order valence-corrected chi connectivity index (χ4v) is 1.25. The summed E-state index contributed by atoms with van der Waals surface area (Å²) >= 11 is 0. The highest BCUT2D eigenvalue weighted by atomic mass is 16.5. The van der Waals surface area contributed by atoms with Gasteiger partial charge in [0, 0.05) is 0 Å². The highest BCUT2D eigenvalue weighted by Crippen LogP contribution is 2.06. The Labute approximate surface area is 93.9 Å². The molecule has 4 heteroatoms. The third-order valence-corrected chi connectivity index (χ3v) is 2.03. The lowest BCUT2D eigenvalue weighted by Gasteiger charge is -2.04. The minimum absolute atomic E-state index is 0.0822. The Morgan fingerprint density at radius 2 is 2.06 bits per heavy atom. The molecule has 0 heterocycles. The van der Waals surface area contributed by atoms with E-state index in [1.807, 2.05) is 31.2 Å². The van der Waals surface area contributed by atoms with Crippen molar-refractivity contribution >= 4 is 11.9 Å². The van der Waals surface area contributed by atoms with Crippen LogP contribution in [-0.4, -0.2) is 17.0 Å². The minimum Gasteiger partial charge on any atom is -0.481 e. The molecule has 1 aromatic rings. The maximum Gasteiger partial charge on any atom is 0.306 e. The number of hydrogen-bond donors (Lipinski definition) is 1. The van der Waals surface area contributed by atoms with E-state index in [9.17, 15) is 9.59 Å². The van der Waals surface area contributed by atoms with Crippen LogP contribution in [0.5, 0.6) is 0 Å². The SMILES string of the molecule is Cc1cccc(COC(=O)CCC(=O)O)c1. The van der Waals surface area contributed by atoms with Crippen LogP contribution in [0.2, 0.25) is 0 Å². The Hall–Kier alpha value is -1.84. The third kappa shape index (κ3) is 4.59. The van der Waals surface area contributed by atoms with Crippen molar-refractivity contribution in [1.82, 2.24) is 0 Å². The van der Waals surface area contributed by atoms with Crippen molar-refractivity contribution < 1.29 is 19.4 Å². The number of carboxylic acid groups (broad SMARTS) is 1. The van der Waals surface area contributed by atoms with Crippen molar-refractivity contribution in [3.8, 4) is 0 Å². The second-order valence-corrected chi connectivity index (χ2v) is 3.54. The van der Waals surface area contributed by atoms with E-state index in [1.165, 1.54) is 0 Å². The smallest absolute Gasteiger partial charge is 0.306 e. The summed E-state index contributed by atoms with van der Waals surface area (Å²) < 4.78 is 4.93. The maximum absolute atomic E-state index is 11.1. The van der Waals surface area contributed by atoms with Gasteiger partial charge in [-0.2, -0.15) is 0 Å². The molecule has 0 bridgehead atoms. The normalized spacial score (nSPS) is 9.81. The summed E-state index contributed by atoms with van der Waals surface area (Å²) in [5, 5.41) is 8.38. The molecular weight excluding hydrogens is 208 g/mol. The highest BCUT2D eigenvalue weighted by Gasteiger charge is 2.06. The van der Waals surface area contributed by atoms with Crippen molar-refractivity contribution in [2.24, 2.45) is 0 Å². The number of rotatable bonds is 5. The zero-order valence-corrected chi connectivity index (χ0v) is 9.10. The molecule has 0 fully saturated rings. The number of ether oxygens (including phenoxy) is 1. The Balaban J connectivity index is 2.34. The summed E-state index contributed by atoms with van der Waals surface area (Å²) in [6, 6.07) is 7.62. The van der Waals surface area contributed by atoms with Crippen molar-refractivity contribution in [2.75, 3.05) is 0 Å². The second-order valence-electron chi connectivity index (χ2n) is 3.54. The van der Waals surface area contributed by atoms with E-state index >= 15 is 0 Å². The first-order valence-corrected chi connectivity index (χ1v) is 5.01. The lowest BCUT2D eigenvalue weighted by molar-refractivity contribution is -0.148. The number of benzene rings is 1. The lowest BCUT2D eigenvalue weighted by Crippen LogP contribution is -2.07. The molecule has 1 aromatic carbocycles. The second kappa shape index (κ2) is 5.90. The number of aliphatic carboxylic acids is 1. The molecule has 16 heavy (non-hydrogen) atoms. The molecule has 0 spiro atoms. The maximum atomic E-state index is 11.1. The van der Waals surface area contributed by atoms with Crippen LogP contribution in [0.25, 0.3) is 0 Å². The molecule has 0 aliphatic heterocycles. The Bertz CT molecular complexity index is 384. The van der Waals surface area contributed by atoms with Gasteiger partial charge in [0.05, 0.1) is 12.8 Å². The Kier molecular flexibility index (Phi) is 4.51. The first-order valence-electron chi connectivity index (χ1n) is 5.01. The van der Waals surface area contributed by atoms with Gasteiger partial charge in [-0.25, -0.2) is 0 Å². The molecule has 1 rings (SSSR count). The van der Waals surface area contributed by atoms with Gasteiger partial charge in [-0.3, -0.25) is 9.59 Å².